The van der Waals surface area contributed by atoms with E-state index in [1.807, 2.05) is 24.5 Å². The van der Waals surface area contributed by atoms with Gasteiger partial charge in [-0.15, -0.1) is 0 Å². The number of H-pyrrole nitrogens is 1. The van der Waals surface area contributed by atoms with Crippen molar-refractivity contribution >= 4 is 22.5 Å². The lowest BCUT2D eigenvalue weighted by Crippen LogP contribution is -2.12. The minimum atomic E-state index is 0. The van der Waals surface area contributed by atoms with Crippen LogP contribution in [0.2, 0.25) is 0 Å². The van der Waals surface area contributed by atoms with Crippen LogP contribution in [0.5, 0.6) is 0 Å². The van der Waals surface area contributed by atoms with Crippen molar-refractivity contribution in [3.05, 3.63) is 71.1 Å². The molecule has 5 rings (SSSR count). The van der Waals surface area contributed by atoms with Gasteiger partial charge in [0.05, 0.1) is 0 Å². The van der Waals surface area contributed by atoms with Gasteiger partial charge in [0.25, 0.3) is 5.91 Å². The van der Waals surface area contributed by atoms with Gasteiger partial charge in [0, 0.05) is 43.9 Å². The van der Waals surface area contributed by atoms with Crippen LogP contribution < -0.4 is 5.32 Å². The molecule has 1 aliphatic heterocycles. The summed E-state index contributed by atoms with van der Waals surface area (Å²) in [6.07, 6.45) is 10.6. The van der Waals surface area contributed by atoms with Crippen LogP contribution in [0.4, 0.5) is 0 Å². The molecule has 4 nitrogen and oxygen atoms in total. The Kier molecular flexibility index (Phi) is 3.32. The molecule has 0 bridgehead atoms. The first-order valence-corrected chi connectivity index (χ1v) is 8.96. The molecule has 0 atom stereocenters. The molecule has 1 aromatic carbocycles. The van der Waals surface area contributed by atoms with Crippen molar-refractivity contribution < 1.29 is 7.65 Å². The lowest BCUT2D eigenvalue weighted by molar-refractivity contribution is 0.0966. The smallest absolute Gasteiger partial charge is 0.251 e. The summed E-state index contributed by atoms with van der Waals surface area (Å²) in [6, 6.07) is 8.26. The minimum absolute atomic E-state index is 0. The van der Waals surface area contributed by atoms with Gasteiger partial charge in [-0.3, -0.25) is 4.79 Å². The quantitative estimate of drug-likeness (QED) is 0.680. The molecule has 2 aliphatic rings. The van der Waals surface area contributed by atoms with Crippen LogP contribution in [-0.2, 0) is 6.54 Å². The van der Waals surface area contributed by atoms with Crippen LogP contribution in [-0.4, -0.2) is 15.9 Å². The lowest BCUT2D eigenvalue weighted by atomic mass is 9.93. The Morgan fingerprint density at radius 3 is 2.96 bits per heavy atom. The van der Waals surface area contributed by atoms with Crippen LogP contribution in [0.25, 0.3) is 27.7 Å². The molecule has 3 aromatic rings. The van der Waals surface area contributed by atoms with E-state index in [9.17, 15) is 4.79 Å². The molecular formula is C22H23N3O. The SMILES string of the molecule is CC1=C(c2cnc3[nH]cc(-c4ccc5c(c4)CNC5=O)c3c2)C=CCC1.[HH].[HH]. The number of carbonyl (C=O) groups excluding carboxylic acids is 1. The molecule has 2 N–H and O–H groups in total. The molecule has 0 spiro atoms. The summed E-state index contributed by atoms with van der Waals surface area (Å²) in [4.78, 5) is 19.7. The normalized spacial score (nSPS) is 16.3. The number of hydrogen-bond acceptors (Lipinski definition) is 2. The van der Waals surface area contributed by atoms with E-state index in [2.05, 4.69) is 46.5 Å². The zero-order valence-electron chi connectivity index (χ0n) is 14.6. The fourth-order valence-electron chi connectivity index (χ4n) is 3.91. The Bertz CT molecular complexity index is 1130. The van der Waals surface area contributed by atoms with Crippen LogP contribution in [0.3, 0.4) is 0 Å². The molecule has 26 heavy (non-hydrogen) atoms. The minimum Gasteiger partial charge on any atom is -0.348 e. The number of rotatable bonds is 2. The highest BCUT2D eigenvalue weighted by Crippen LogP contribution is 2.33. The Labute approximate surface area is 154 Å². The number of amides is 1. The van der Waals surface area contributed by atoms with E-state index in [-0.39, 0.29) is 8.76 Å². The number of allylic oxidation sites excluding steroid dienone is 4. The largest absolute Gasteiger partial charge is 0.348 e. The fraction of sp³-hybridized carbons (Fsp3) is 0.182. The molecule has 3 heterocycles. The summed E-state index contributed by atoms with van der Waals surface area (Å²) in [7, 11) is 0. The molecule has 2 aromatic heterocycles. The number of carbonyl (C=O) groups is 1. The average Bonchev–Trinajstić information content (AvgIpc) is 3.25. The lowest BCUT2D eigenvalue weighted by Gasteiger charge is -2.12. The van der Waals surface area contributed by atoms with Gasteiger partial charge in [-0.2, -0.15) is 0 Å². The number of nitrogens with one attached hydrogen (secondary N) is 2. The molecule has 0 radical (unpaired) electrons. The summed E-state index contributed by atoms with van der Waals surface area (Å²) in [5.41, 5.74) is 8.79. The summed E-state index contributed by atoms with van der Waals surface area (Å²) < 4.78 is 0. The second-order valence-electron chi connectivity index (χ2n) is 7.01. The second kappa shape index (κ2) is 5.70. The van der Waals surface area contributed by atoms with Crippen molar-refractivity contribution in [1.29, 1.82) is 0 Å². The van der Waals surface area contributed by atoms with Gasteiger partial charge in [-0.05, 0) is 54.7 Å². The summed E-state index contributed by atoms with van der Waals surface area (Å²) >= 11 is 0. The maximum absolute atomic E-state index is 11.8. The highest BCUT2D eigenvalue weighted by Gasteiger charge is 2.20. The van der Waals surface area contributed by atoms with E-state index >= 15 is 0 Å². The molecular weight excluding hydrogens is 322 g/mol. The van der Waals surface area contributed by atoms with E-state index in [1.54, 1.807) is 0 Å². The maximum atomic E-state index is 11.8. The van der Waals surface area contributed by atoms with E-state index in [0.717, 1.165) is 51.7 Å². The molecule has 132 valence electrons. The summed E-state index contributed by atoms with van der Waals surface area (Å²) in [5.74, 6) is 0.0147. The van der Waals surface area contributed by atoms with Crippen molar-refractivity contribution in [3.8, 4) is 11.1 Å². The zero-order chi connectivity index (χ0) is 17.7. The van der Waals surface area contributed by atoms with Crippen molar-refractivity contribution in [2.24, 2.45) is 0 Å². The number of aromatic amines is 1. The molecule has 1 aliphatic carbocycles. The second-order valence-corrected chi connectivity index (χ2v) is 7.01. The molecule has 0 unspecified atom stereocenters. The van der Waals surface area contributed by atoms with Crippen LogP contribution in [0, 0.1) is 0 Å². The topological polar surface area (TPSA) is 57.8 Å². The monoisotopic (exact) mass is 345 g/mol. The van der Waals surface area contributed by atoms with Crippen molar-refractivity contribution in [1.82, 2.24) is 15.3 Å². The Morgan fingerprint density at radius 1 is 1.15 bits per heavy atom. The number of nitrogens with zero attached hydrogens (tertiary/aromatic N) is 1. The third-order valence-corrected chi connectivity index (χ3v) is 5.37. The van der Waals surface area contributed by atoms with E-state index in [0.29, 0.717) is 6.54 Å². The van der Waals surface area contributed by atoms with Gasteiger partial charge in [-0.25, -0.2) is 4.98 Å². The Hall–Kier alpha value is -3.14. The molecule has 1 amide bonds. The van der Waals surface area contributed by atoms with Crippen LogP contribution >= 0.6 is 0 Å². The summed E-state index contributed by atoms with van der Waals surface area (Å²) in [6.45, 7) is 2.80. The number of aromatic nitrogens is 2. The van der Waals surface area contributed by atoms with E-state index in [4.69, 9.17) is 0 Å². The van der Waals surface area contributed by atoms with Gasteiger partial charge in [0.1, 0.15) is 5.65 Å². The third-order valence-electron chi connectivity index (χ3n) is 5.37. The predicted octanol–water partition coefficient (Wildman–Crippen LogP) is 5.09. The highest BCUT2D eigenvalue weighted by atomic mass is 16.1. The average molecular weight is 345 g/mol. The van der Waals surface area contributed by atoms with Crippen LogP contribution in [0.1, 0.15) is 44.1 Å². The number of hydrogen-bond donors (Lipinski definition) is 2. The van der Waals surface area contributed by atoms with E-state index < -0.39 is 0 Å². The van der Waals surface area contributed by atoms with E-state index in [1.165, 1.54) is 11.1 Å². The van der Waals surface area contributed by atoms with Crippen LogP contribution in [0.15, 0.2) is 54.4 Å². The first-order valence-electron chi connectivity index (χ1n) is 8.96. The van der Waals surface area contributed by atoms with Crippen molar-refractivity contribution in [3.63, 3.8) is 0 Å². The Morgan fingerprint density at radius 2 is 2.08 bits per heavy atom. The number of pyridine rings is 1. The van der Waals surface area contributed by atoms with Gasteiger partial charge in [-0.1, -0.05) is 23.8 Å². The molecule has 0 fully saturated rings. The zero-order valence-corrected chi connectivity index (χ0v) is 14.6. The fourth-order valence-corrected chi connectivity index (χ4v) is 3.91. The Balaban J connectivity index is 0.00000112. The highest BCUT2D eigenvalue weighted by molar-refractivity contribution is 6.00. The van der Waals surface area contributed by atoms with Crippen molar-refractivity contribution in [2.45, 2.75) is 26.3 Å². The first-order chi connectivity index (χ1) is 12.7. The first kappa shape index (κ1) is 15.1. The van der Waals surface area contributed by atoms with Gasteiger partial charge in [0.15, 0.2) is 0 Å². The number of benzene rings is 1. The molecule has 4 heteroatoms. The summed E-state index contributed by atoms with van der Waals surface area (Å²) in [5, 5.41) is 3.99. The number of fused-ring (bicyclic) bond motifs is 2. The standard InChI is InChI=1S/C22H19N3O.2H2/c1-13-4-2-3-5-17(13)16-9-19-20(12-24-21(19)23-10-16)14-6-7-18-15(8-14)11-25-22(18)26;;/h3,5-10,12H,2,4,11H2,1H3,(H,23,24)(H,25,26);2*1H. The van der Waals surface area contributed by atoms with Gasteiger partial charge < -0.3 is 10.3 Å². The van der Waals surface area contributed by atoms with Crippen molar-refractivity contribution in [2.75, 3.05) is 0 Å². The molecule has 0 saturated carbocycles. The van der Waals surface area contributed by atoms with Gasteiger partial charge in [0.2, 0.25) is 0 Å². The maximum Gasteiger partial charge on any atom is 0.251 e. The molecule has 0 saturated heterocycles. The predicted molar refractivity (Wildman–Crippen MR) is 108 cm³/mol. The van der Waals surface area contributed by atoms with Gasteiger partial charge >= 0.3 is 0 Å². The third kappa shape index (κ3) is 2.30.